The third-order valence-electron chi connectivity index (χ3n) is 4.16. The van der Waals surface area contributed by atoms with E-state index in [1.165, 1.54) is 0 Å². The van der Waals surface area contributed by atoms with E-state index in [0.717, 1.165) is 0 Å². The van der Waals surface area contributed by atoms with Gasteiger partial charge in [0.05, 0.1) is 0 Å². The molecule has 0 radical (unpaired) electrons. The predicted octanol–water partition coefficient (Wildman–Crippen LogP) is 93.9. The fraction of sp³-hybridized carbons (Fsp3) is 0. The van der Waals surface area contributed by atoms with Crippen molar-refractivity contribution in [2.45, 2.75) is 0 Å². The standard InChI is InChI=1S/I106/c1-55(2)57(5)59(7)61(9)63(11)65(13)67(15)69(17)71(19)73(21)75(23)77(25)79(27)81(29)83(31)85(33)87(35)89(37)91(39)93(41)95(43)97(45)99(47)101(49)103(51)105(53)106(54)104(52)102(50)100(48)98(46)96(44)94(42)92(40)90(38)88(36)86(34)84(32)82(30)80(28)78(26)76(24)74(22)72(20)70(18)68(16)66(14)64(12)62(10)60(8)58(6)56(3)4. The Bertz CT molecular complexity index is 2100. The summed E-state index contributed by atoms with van der Waals surface area (Å²) in [6, 6.07) is 0. The van der Waals surface area contributed by atoms with Crippen molar-refractivity contribution < 1.29 is 0 Å². The topological polar surface area (TPSA) is 0 Å². The zero-order valence-corrected chi connectivity index (χ0v) is 269. The van der Waals surface area contributed by atoms with Crippen LogP contribution in [0.2, 0.25) is 0 Å². The van der Waals surface area contributed by atoms with Crippen molar-refractivity contribution >= 4 is 1420 Å². The molecule has 0 bridgehead atoms. The Morgan fingerprint density at radius 3 is 0.104 bits per heavy atom. The minimum absolute atomic E-state index is 0.493. The molecule has 0 fully saturated rings. The maximum absolute atomic E-state index is 3.49. The summed E-state index contributed by atoms with van der Waals surface area (Å²) in [5, 5.41) is 0. The number of halogens is 106. The summed E-state index contributed by atoms with van der Waals surface area (Å²) in [7, 11) is -32.2. The summed E-state index contributed by atoms with van der Waals surface area (Å²) in [4.78, 5) is 0. The van der Waals surface area contributed by atoms with Gasteiger partial charge in [0.15, 0.2) is 0 Å². The Balaban J connectivity index is 5.92. The summed E-state index contributed by atoms with van der Waals surface area (Å²) in [6.07, 6.45) is 0. The molecule has 0 nitrogen and oxygen atoms in total. The van der Waals surface area contributed by atoms with Crippen LogP contribution < -0.4 is 0 Å². The van der Waals surface area contributed by atoms with Crippen molar-refractivity contribution in [3.8, 4) is 0 Å². The van der Waals surface area contributed by atoms with Gasteiger partial charge in [-0.3, -0.25) is 0 Å². The summed E-state index contributed by atoms with van der Waals surface area (Å²) in [6.45, 7) is 0. The van der Waals surface area contributed by atoms with E-state index >= 15 is 0 Å². The molecular formula is I106. The van der Waals surface area contributed by atoms with Crippen molar-refractivity contribution in [2.75, 3.05) is 0 Å². The van der Waals surface area contributed by atoms with Gasteiger partial charge in [-0.1, -0.05) is 0 Å². The van der Waals surface area contributed by atoms with E-state index in [-0.39, 0.29) is 0 Å². The molecule has 0 rings (SSSR count). The molecule has 0 aliphatic carbocycles. The molecule has 0 aromatic heterocycles. The van der Waals surface area contributed by atoms with Gasteiger partial charge in [-0.25, -0.2) is 0 Å². The van der Waals surface area contributed by atoms with E-state index in [1.54, 1.807) is 0 Å². The van der Waals surface area contributed by atoms with Crippen LogP contribution in [0.1, 0.15) is 0 Å². The van der Waals surface area contributed by atoms with Gasteiger partial charge < -0.3 is 0 Å². The monoisotopic (exact) mass is 13500 g/mol. The van der Waals surface area contributed by atoms with Crippen LogP contribution in [0, 0.1) is 0 Å². The Kier molecular flexibility index (Phi) is 191. The first-order valence-electron chi connectivity index (χ1n) is 15.0. The second kappa shape index (κ2) is 110. The summed E-state index contributed by atoms with van der Waals surface area (Å²) >= 11 is 183. The van der Waals surface area contributed by atoms with Crippen molar-refractivity contribution in [2.24, 2.45) is 0 Å². The SMILES string of the molecule is II(I)I(I)I(I)I(I)I(I)I(I)I(I)I(I)I(I)I(I)I(I)I(I)I(I)I(I)I(I)I(I)I(I)I(I)I(I)I(I)I(I)I(I)I(I)I(I)I(I)I(I)I(I)I(I)I(I)I(I)I(I)I(I)I(I)I(I)I(I)I(I)I(I)I(I)I(I)I(I)I(I)I(I)I(I)I(I)I(I)I(I)I(I)I(I)I(I)I(I)I(I)I(I)I. The molecule has 0 amide bonds. The number of hydrogen-bond acceptors (Lipinski definition) is 0. The van der Waals surface area contributed by atoms with E-state index in [9.17, 15) is 0 Å². The minimum atomic E-state index is -0.666. The van der Waals surface area contributed by atoms with E-state index in [0.29, 0.717) is 0 Å². The Morgan fingerprint density at radius 1 is 0.0472 bits per heavy atom. The predicted molar refractivity (Wildman–Crippen MR) is 1490 cm³/mol. The Morgan fingerprint density at radius 2 is 0.0755 bits per heavy atom. The molecule has 0 aliphatic heterocycles. The van der Waals surface area contributed by atoms with Crippen LogP contribution in [-0.4, -0.2) is 0 Å². The van der Waals surface area contributed by atoms with Gasteiger partial charge in [0, 0.05) is 0 Å². The van der Waals surface area contributed by atoms with Gasteiger partial charge in [-0.15, -0.1) is 0 Å². The number of rotatable bonds is 51. The van der Waals surface area contributed by atoms with E-state index in [1.807, 2.05) is 0 Å². The summed E-state index contributed by atoms with van der Waals surface area (Å²) in [5.41, 5.74) is 0. The first-order chi connectivity index (χ1) is 48.2. The Hall–Kier alpha value is 77.4. The summed E-state index contributed by atoms with van der Waals surface area (Å²) in [5.74, 6) is 0. The molecule has 0 unspecified atom stereocenters. The average molecular weight is 13500 g/mol. The molecule has 106 heteroatoms. The molecule has 0 aromatic rings. The van der Waals surface area contributed by atoms with E-state index < -0.39 is 411 Å². The van der Waals surface area contributed by atoms with E-state index in [4.69, 9.17) is 0 Å². The van der Waals surface area contributed by atoms with Crippen molar-refractivity contribution in [3.05, 3.63) is 0 Å². The molecule has 0 heterocycles. The first kappa shape index (κ1) is 183. The first-order valence-corrected chi connectivity index (χ1v) is 675. The van der Waals surface area contributed by atoms with Crippen LogP contribution in [-0.2, 0) is 0 Å². The van der Waals surface area contributed by atoms with Crippen LogP contribution in [0.15, 0.2) is 0 Å². The van der Waals surface area contributed by atoms with Gasteiger partial charge in [-0.05, 0) is 0 Å². The molecule has 0 saturated carbocycles. The van der Waals surface area contributed by atoms with Gasteiger partial charge in [-0.2, -0.15) is 0 Å². The van der Waals surface area contributed by atoms with Crippen LogP contribution in [0.5, 0.6) is 0 Å². The van der Waals surface area contributed by atoms with Gasteiger partial charge in [0.25, 0.3) is 0 Å². The van der Waals surface area contributed by atoms with Gasteiger partial charge in [0.2, 0.25) is 0 Å². The molecular weight excluding hydrogens is 13500 g/mol. The molecule has 0 aliphatic rings. The van der Waals surface area contributed by atoms with E-state index in [2.05, 4.69) is 1010 Å². The third-order valence-corrected chi connectivity index (χ3v) is 8430. The molecule has 0 spiro atoms. The molecule has 106 heavy (non-hydrogen) atoms. The second-order valence-corrected chi connectivity index (χ2v) is 2540. The molecule has 0 aromatic carbocycles. The molecule has 0 atom stereocenters. The van der Waals surface area contributed by atoms with Crippen LogP contribution >= 0.6 is 1420 Å². The zero-order valence-electron chi connectivity index (χ0n) is 40.1. The van der Waals surface area contributed by atoms with Gasteiger partial charge >= 0.3 is 1420 Å². The fourth-order valence-electron chi connectivity index (χ4n) is 1.54. The van der Waals surface area contributed by atoms with Gasteiger partial charge in [0.1, 0.15) is 0 Å². The third kappa shape index (κ3) is 74.5. The average Bonchev–Trinajstić information content (AvgIpc) is 0.825. The van der Waals surface area contributed by atoms with Crippen molar-refractivity contribution in [3.63, 3.8) is 0 Å². The zero-order chi connectivity index (χ0) is 84.0. The van der Waals surface area contributed by atoms with Crippen LogP contribution in [0.4, 0.5) is 0 Å². The molecule has 742 valence electrons. The molecule has 0 saturated heterocycles. The quantitative estimate of drug-likeness (QED) is 0.0533. The molecule has 0 N–H and O–H groups in total. The van der Waals surface area contributed by atoms with Crippen molar-refractivity contribution in [1.82, 2.24) is 0 Å². The van der Waals surface area contributed by atoms with Crippen molar-refractivity contribution in [1.29, 1.82) is 0 Å². The fourth-order valence-corrected chi connectivity index (χ4v) is 21000. The van der Waals surface area contributed by atoms with Crippen LogP contribution in [0.3, 0.4) is 0 Å². The number of hydrogen-bond donors (Lipinski definition) is 0. The summed E-state index contributed by atoms with van der Waals surface area (Å²) < 4.78 is 0. The Labute approximate surface area is 1330 Å². The second-order valence-electron chi connectivity index (χ2n) is 8.42. The van der Waals surface area contributed by atoms with Crippen LogP contribution in [0.25, 0.3) is 0 Å². The normalized spacial score (nSPS) is 19.2. The maximum atomic E-state index is 3.49.